The van der Waals surface area contributed by atoms with Crippen LogP contribution >= 0.6 is 11.3 Å². The molecule has 1 heterocycles. The number of anilines is 3. The van der Waals surface area contributed by atoms with Gasteiger partial charge in [0.05, 0.1) is 0 Å². The SMILES string of the molecule is c1ccc(N(c2ccccc2)c2ccc3c(c2)sc2c4cccc5c4c(cc32)-c2ccccc2-5)cc1. The summed E-state index contributed by atoms with van der Waals surface area (Å²) in [5.74, 6) is 0. The van der Waals surface area contributed by atoms with Gasteiger partial charge in [0.15, 0.2) is 0 Å². The molecule has 7 aromatic rings. The molecular formula is C34H21NS. The summed E-state index contributed by atoms with van der Waals surface area (Å²) >= 11 is 1.91. The van der Waals surface area contributed by atoms with E-state index < -0.39 is 0 Å². The van der Waals surface area contributed by atoms with Crippen molar-refractivity contribution in [3.05, 3.63) is 127 Å². The topological polar surface area (TPSA) is 3.24 Å². The van der Waals surface area contributed by atoms with Gasteiger partial charge in [0, 0.05) is 42.6 Å². The number of rotatable bonds is 3. The first-order valence-corrected chi connectivity index (χ1v) is 13.1. The lowest BCUT2D eigenvalue weighted by molar-refractivity contribution is 1.29. The fourth-order valence-electron chi connectivity index (χ4n) is 5.83. The van der Waals surface area contributed by atoms with E-state index in [9.17, 15) is 0 Å². The molecule has 1 aliphatic rings. The van der Waals surface area contributed by atoms with E-state index in [-0.39, 0.29) is 0 Å². The Balaban J connectivity index is 1.39. The average Bonchev–Trinajstić information content (AvgIpc) is 3.47. The van der Waals surface area contributed by atoms with Gasteiger partial charge >= 0.3 is 0 Å². The number of hydrogen-bond donors (Lipinski definition) is 0. The highest BCUT2D eigenvalue weighted by atomic mass is 32.1. The standard InChI is InChI=1S/C34H21NS/c1-3-10-22(11-4-1)35(23-12-5-2-6-13-23)24-18-19-27-31-21-30-26-15-8-7-14-25(26)28-16-9-17-29(33(28)30)34(31)36-32(27)20-24/h1-21H. The number of thiophene rings is 1. The van der Waals surface area contributed by atoms with Gasteiger partial charge in [0.2, 0.25) is 0 Å². The largest absolute Gasteiger partial charge is 0.310 e. The molecule has 6 aromatic carbocycles. The number of benzene rings is 6. The number of fused-ring (bicyclic) bond motifs is 7. The Morgan fingerprint density at radius 2 is 1.06 bits per heavy atom. The van der Waals surface area contributed by atoms with Crippen molar-refractivity contribution in [2.24, 2.45) is 0 Å². The van der Waals surface area contributed by atoms with Crippen LogP contribution in [0.3, 0.4) is 0 Å². The summed E-state index contributed by atoms with van der Waals surface area (Å²) in [5, 5.41) is 5.44. The van der Waals surface area contributed by atoms with Gasteiger partial charge in [-0.05, 0) is 70.1 Å². The third-order valence-electron chi connectivity index (χ3n) is 7.37. The molecule has 2 heteroatoms. The second kappa shape index (κ2) is 7.55. The molecule has 0 saturated carbocycles. The minimum atomic E-state index is 1.16. The molecule has 0 amide bonds. The van der Waals surface area contributed by atoms with Gasteiger partial charge in [-0.3, -0.25) is 0 Å². The molecule has 0 radical (unpaired) electrons. The van der Waals surface area contributed by atoms with Crippen LogP contribution in [0.15, 0.2) is 127 Å². The summed E-state index contributed by atoms with van der Waals surface area (Å²) in [7, 11) is 0. The Morgan fingerprint density at radius 3 is 1.78 bits per heavy atom. The Morgan fingerprint density at radius 1 is 0.417 bits per heavy atom. The highest BCUT2D eigenvalue weighted by Crippen LogP contribution is 2.52. The summed E-state index contributed by atoms with van der Waals surface area (Å²) in [6.07, 6.45) is 0. The van der Waals surface area contributed by atoms with Crippen LogP contribution in [0.4, 0.5) is 17.1 Å². The number of para-hydroxylation sites is 2. The molecule has 0 N–H and O–H groups in total. The average molecular weight is 476 g/mol. The lowest BCUT2D eigenvalue weighted by Crippen LogP contribution is -2.09. The summed E-state index contributed by atoms with van der Waals surface area (Å²) in [5.41, 5.74) is 8.92. The maximum atomic E-state index is 2.43. The van der Waals surface area contributed by atoms with Gasteiger partial charge in [0.1, 0.15) is 0 Å². The normalized spacial score (nSPS) is 11.9. The Labute approximate surface area is 213 Å². The molecule has 0 bridgehead atoms. The van der Waals surface area contributed by atoms with E-state index in [4.69, 9.17) is 0 Å². The summed E-state index contributed by atoms with van der Waals surface area (Å²) in [6.45, 7) is 0. The molecule has 1 aliphatic carbocycles. The maximum absolute atomic E-state index is 2.43. The van der Waals surface area contributed by atoms with Crippen molar-refractivity contribution in [3.63, 3.8) is 0 Å². The summed E-state index contributed by atoms with van der Waals surface area (Å²) in [4.78, 5) is 2.34. The highest BCUT2D eigenvalue weighted by molar-refractivity contribution is 7.26. The van der Waals surface area contributed by atoms with E-state index in [1.165, 1.54) is 58.9 Å². The lowest BCUT2D eigenvalue weighted by Gasteiger charge is -2.25. The van der Waals surface area contributed by atoms with Crippen LogP contribution in [0, 0.1) is 0 Å². The molecule has 8 rings (SSSR count). The Hall–Kier alpha value is -4.40. The smallest absolute Gasteiger partial charge is 0.0476 e. The van der Waals surface area contributed by atoms with Gasteiger partial charge in [-0.2, -0.15) is 0 Å². The number of nitrogens with zero attached hydrogens (tertiary/aromatic N) is 1. The lowest BCUT2D eigenvalue weighted by atomic mass is 9.99. The van der Waals surface area contributed by atoms with E-state index in [0.29, 0.717) is 0 Å². The highest BCUT2D eigenvalue weighted by Gasteiger charge is 2.24. The third kappa shape index (κ3) is 2.76. The van der Waals surface area contributed by atoms with E-state index in [1.54, 1.807) is 0 Å². The first kappa shape index (κ1) is 19.9. The molecule has 0 spiro atoms. The van der Waals surface area contributed by atoms with Crippen LogP contribution in [0.25, 0.3) is 53.2 Å². The summed E-state index contributed by atoms with van der Waals surface area (Å²) in [6, 6.07) is 46.2. The molecule has 0 fully saturated rings. The Bertz CT molecular complexity index is 1890. The quantitative estimate of drug-likeness (QED) is 0.246. The van der Waals surface area contributed by atoms with E-state index in [2.05, 4.69) is 132 Å². The predicted octanol–water partition coefficient (Wildman–Crippen LogP) is 10.3. The van der Waals surface area contributed by atoms with Crippen LogP contribution in [-0.2, 0) is 0 Å². The first-order chi connectivity index (χ1) is 17.9. The van der Waals surface area contributed by atoms with Gasteiger partial charge in [-0.25, -0.2) is 0 Å². The predicted molar refractivity (Wildman–Crippen MR) is 156 cm³/mol. The second-order valence-electron chi connectivity index (χ2n) is 9.36. The van der Waals surface area contributed by atoms with E-state index >= 15 is 0 Å². The van der Waals surface area contributed by atoms with Crippen molar-refractivity contribution in [1.82, 2.24) is 0 Å². The molecule has 1 aromatic heterocycles. The zero-order valence-electron chi connectivity index (χ0n) is 19.5. The molecule has 0 unspecified atom stereocenters. The van der Waals surface area contributed by atoms with Gasteiger partial charge < -0.3 is 4.90 Å². The first-order valence-electron chi connectivity index (χ1n) is 12.3. The fraction of sp³-hybridized carbons (Fsp3) is 0. The van der Waals surface area contributed by atoms with Crippen molar-refractivity contribution in [3.8, 4) is 22.3 Å². The fourth-order valence-corrected chi connectivity index (χ4v) is 7.07. The minimum Gasteiger partial charge on any atom is -0.310 e. The molecule has 168 valence electrons. The number of hydrogen-bond acceptors (Lipinski definition) is 2. The maximum Gasteiger partial charge on any atom is 0.0476 e. The van der Waals surface area contributed by atoms with Crippen molar-refractivity contribution < 1.29 is 0 Å². The zero-order chi connectivity index (χ0) is 23.6. The molecule has 1 nitrogen and oxygen atoms in total. The van der Waals surface area contributed by atoms with Crippen molar-refractivity contribution in [2.75, 3.05) is 4.90 Å². The van der Waals surface area contributed by atoms with Gasteiger partial charge in [-0.15, -0.1) is 11.3 Å². The van der Waals surface area contributed by atoms with E-state index in [0.717, 1.165) is 11.4 Å². The van der Waals surface area contributed by atoms with Gasteiger partial charge in [-0.1, -0.05) is 84.9 Å². The van der Waals surface area contributed by atoms with Crippen LogP contribution in [0.5, 0.6) is 0 Å². The minimum absolute atomic E-state index is 1.16. The van der Waals surface area contributed by atoms with Crippen LogP contribution < -0.4 is 4.90 Å². The second-order valence-corrected chi connectivity index (χ2v) is 10.4. The van der Waals surface area contributed by atoms with Crippen molar-refractivity contribution in [2.45, 2.75) is 0 Å². The molecular weight excluding hydrogens is 454 g/mol. The van der Waals surface area contributed by atoms with Crippen LogP contribution in [0.1, 0.15) is 0 Å². The third-order valence-corrected chi connectivity index (χ3v) is 8.58. The Kier molecular flexibility index (Phi) is 4.16. The summed E-state index contributed by atoms with van der Waals surface area (Å²) < 4.78 is 2.69. The van der Waals surface area contributed by atoms with Crippen LogP contribution in [-0.4, -0.2) is 0 Å². The molecule has 0 aliphatic heterocycles. The van der Waals surface area contributed by atoms with Crippen molar-refractivity contribution >= 4 is 59.3 Å². The van der Waals surface area contributed by atoms with Crippen LogP contribution in [0.2, 0.25) is 0 Å². The molecule has 0 saturated heterocycles. The van der Waals surface area contributed by atoms with Crippen molar-refractivity contribution in [1.29, 1.82) is 0 Å². The van der Waals surface area contributed by atoms with E-state index in [1.807, 2.05) is 11.3 Å². The van der Waals surface area contributed by atoms with Gasteiger partial charge in [0.25, 0.3) is 0 Å². The zero-order valence-corrected chi connectivity index (χ0v) is 20.3. The monoisotopic (exact) mass is 475 g/mol. The molecule has 0 atom stereocenters. The molecule has 36 heavy (non-hydrogen) atoms.